The molecule has 5 heteroatoms. The van der Waals surface area contributed by atoms with Crippen molar-refractivity contribution < 1.29 is 4.79 Å². The molecule has 0 bridgehead atoms. The third-order valence-corrected chi connectivity index (χ3v) is 4.04. The van der Waals surface area contributed by atoms with Crippen molar-refractivity contribution in [2.24, 2.45) is 5.73 Å². The molecule has 0 radical (unpaired) electrons. The topological polar surface area (TPSA) is 46.3 Å². The number of carbonyl (C=O) groups excluding carboxylic acids is 1. The van der Waals surface area contributed by atoms with Gasteiger partial charge in [0, 0.05) is 16.0 Å². The Morgan fingerprint density at radius 2 is 2.24 bits per heavy atom. The second-order valence-corrected chi connectivity index (χ2v) is 5.55. The van der Waals surface area contributed by atoms with Gasteiger partial charge in [0.15, 0.2) is 0 Å². The van der Waals surface area contributed by atoms with E-state index in [0.717, 1.165) is 28.6 Å². The molecule has 0 aliphatic carbocycles. The first-order valence-electron chi connectivity index (χ1n) is 5.53. The van der Waals surface area contributed by atoms with Gasteiger partial charge in [0.1, 0.15) is 0 Å². The second kappa shape index (κ2) is 4.96. The van der Waals surface area contributed by atoms with Gasteiger partial charge in [0.05, 0.1) is 11.7 Å². The van der Waals surface area contributed by atoms with Crippen molar-refractivity contribution in [2.45, 2.75) is 25.8 Å². The molecule has 0 aromatic heterocycles. The quantitative estimate of drug-likeness (QED) is 0.865. The molecule has 3 nitrogen and oxygen atoms in total. The SMILES string of the molecule is Cc1cc(Br)c(N2CCCC(N)C2=O)cc1Cl. The standard InChI is InChI=1S/C12H14BrClN2O/c1-7-5-8(13)11(6-9(7)14)16-4-2-3-10(15)12(16)17/h5-6,10H,2-4,15H2,1H3. The van der Waals surface area contributed by atoms with E-state index in [4.69, 9.17) is 17.3 Å². The number of anilines is 1. The molecule has 92 valence electrons. The molecule has 1 aliphatic heterocycles. The molecule has 1 unspecified atom stereocenters. The average molecular weight is 318 g/mol. The van der Waals surface area contributed by atoms with Crippen LogP contribution in [0.25, 0.3) is 0 Å². The number of hydrogen-bond donors (Lipinski definition) is 1. The molecule has 1 aliphatic rings. The van der Waals surface area contributed by atoms with Gasteiger partial charge in [-0.25, -0.2) is 0 Å². The fourth-order valence-corrected chi connectivity index (χ4v) is 2.81. The summed E-state index contributed by atoms with van der Waals surface area (Å²) in [7, 11) is 0. The Balaban J connectivity index is 2.39. The molecule has 1 heterocycles. The summed E-state index contributed by atoms with van der Waals surface area (Å²) in [5.41, 5.74) is 7.57. The van der Waals surface area contributed by atoms with E-state index in [1.807, 2.05) is 19.1 Å². The first kappa shape index (κ1) is 12.9. The van der Waals surface area contributed by atoms with Crippen molar-refractivity contribution in [3.8, 4) is 0 Å². The summed E-state index contributed by atoms with van der Waals surface area (Å²) in [5, 5.41) is 0.662. The summed E-state index contributed by atoms with van der Waals surface area (Å²) in [6, 6.07) is 3.35. The van der Waals surface area contributed by atoms with Crippen LogP contribution in [0.2, 0.25) is 5.02 Å². The van der Waals surface area contributed by atoms with Crippen LogP contribution in [0.3, 0.4) is 0 Å². The van der Waals surface area contributed by atoms with E-state index >= 15 is 0 Å². The summed E-state index contributed by atoms with van der Waals surface area (Å²) in [6.45, 7) is 2.63. The summed E-state index contributed by atoms with van der Waals surface area (Å²) < 4.78 is 0.877. The predicted octanol–water partition coefficient (Wildman–Crippen LogP) is 2.87. The number of halogens is 2. The number of aryl methyl sites for hydroxylation is 1. The maximum Gasteiger partial charge on any atom is 0.243 e. The Morgan fingerprint density at radius 1 is 1.53 bits per heavy atom. The monoisotopic (exact) mass is 316 g/mol. The van der Waals surface area contributed by atoms with Crippen LogP contribution in [0.4, 0.5) is 5.69 Å². The molecule has 1 aromatic rings. The zero-order valence-corrected chi connectivity index (χ0v) is 11.9. The van der Waals surface area contributed by atoms with Crippen LogP contribution < -0.4 is 10.6 Å². The number of hydrogen-bond acceptors (Lipinski definition) is 2. The predicted molar refractivity (Wildman–Crippen MR) is 73.5 cm³/mol. The highest BCUT2D eigenvalue weighted by molar-refractivity contribution is 9.10. The Kier molecular flexibility index (Phi) is 3.76. The van der Waals surface area contributed by atoms with Gasteiger partial charge in [-0.1, -0.05) is 11.6 Å². The maximum absolute atomic E-state index is 12.0. The molecular weight excluding hydrogens is 304 g/mol. The van der Waals surface area contributed by atoms with Crippen molar-refractivity contribution in [1.82, 2.24) is 0 Å². The van der Waals surface area contributed by atoms with Crippen LogP contribution in [0.15, 0.2) is 16.6 Å². The number of rotatable bonds is 1. The Morgan fingerprint density at radius 3 is 2.94 bits per heavy atom. The average Bonchev–Trinajstić information content (AvgIpc) is 2.28. The normalized spacial score (nSPS) is 20.8. The van der Waals surface area contributed by atoms with Crippen LogP contribution in [0.5, 0.6) is 0 Å². The third kappa shape index (κ3) is 2.49. The van der Waals surface area contributed by atoms with Crippen LogP contribution in [0, 0.1) is 6.92 Å². The molecule has 1 fully saturated rings. The summed E-state index contributed by atoms with van der Waals surface area (Å²) in [4.78, 5) is 13.7. The van der Waals surface area contributed by atoms with Crippen molar-refractivity contribution in [3.05, 3.63) is 27.2 Å². The van der Waals surface area contributed by atoms with Crippen molar-refractivity contribution in [3.63, 3.8) is 0 Å². The van der Waals surface area contributed by atoms with Gasteiger partial charge in [-0.15, -0.1) is 0 Å². The summed E-state index contributed by atoms with van der Waals surface area (Å²) in [5.74, 6) is -0.0307. The molecule has 17 heavy (non-hydrogen) atoms. The van der Waals surface area contributed by atoms with Crippen LogP contribution in [0.1, 0.15) is 18.4 Å². The van der Waals surface area contributed by atoms with E-state index in [1.165, 1.54) is 0 Å². The zero-order valence-electron chi connectivity index (χ0n) is 9.54. The van der Waals surface area contributed by atoms with Gasteiger partial charge in [-0.2, -0.15) is 0 Å². The molecule has 1 aromatic carbocycles. The van der Waals surface area contributed by atoms with Gasteiger partial charge in [0.25, 0.3) is 0 Å². The van der Waals surface area contributed by atoms with E-state index in [2.05, 4.69) is 15.9 Å². The number of piperidine rings is 1. The highest BCUT2D eigenvalue weighted by Gasteiger charge is 2.28. The highest BCUT2D eigenvalue weighted by Crippen LogP contribution is 2.33. The first-order chi connectivity index (χ1) is 8.00. The Hall–Kier alpha value is -0.580. The lowest BCUT2D eigenvalue weighted by atomic mass is 10.0. The largest absolute Gasteiger partial charge is 0.320 e. The first-order valence-corrected chi connectivity index (χ1v) is 6.70. The zero-order chi connectivity index (χ0) is 12.6. The minimum atomic E-state index is -0.393. The molecule has 2 rings (SSSR count). The number of nitrogens with two attached hydrogens (primary N) is 1. The lowest BCUT2D eigenvalue weighted by Gasteiger charge is -2.31. The van der Waals surface area contributed by atoms with E-state index in [-0.39, 0.29) is 5.91 Å². The number of amides is 1. The van der Waals surface area contributed by atoms with E-state index in [1.54, 1.807) is 4.90 Å². The smallest absolute Gasteiger partial charge is 0.243 e. The molecular formula is C12H14BrClN2O. The van der Waals surface area contributed by atoms with Gasteiger partial charge < -0.3 is 10.6 Å². The van der Waals surface area contributed by atoms with Crippen molar-refractivity contribution in [2.75, 3.05) is 11.4 Å². The fourth-order valence-electron chi connectivity index (χ4n) is 1.98. The second-order valence-electron chi connectivity index (χ2n) is 4.29. The molecule has 1 atom stereocenters. The van der Waals surface area contributed by atoms with Crippen molar-refractivity contribution in [1.29, 1.82) is 0 Å². The van der Waals surface area contributed by atoms with E-state index in [9.17, 15) is 4.79 Å². The van der Waals surface area contributed by atoms with Crippen LogP contribution in [-0.2, 0) is 4.79 Å². The summed E-state index contributed by atoms with van der Waals surface area (Å²) >= 11 is 9.57. The lowest BCUT2D eigenvalue weighted by molar-refractivity contribution is -0.120. The minimum absolute atomic E-state index is 0.0307. The lowest BCUT2D eigenvalue weighted by Crippen LogP contribution is -2.48. The van der Waals surface area contributed by atoms with Crippen LogP contribution >= 0.6 is 27.5 Å². The summed E-state index contributed by atoms with van der Waals surface area (Å²) in [6.07, 6.45) is 1.68. The number of benzene rings is 1. The Bertz CT molecular complexity index is 464. The van der Waals surface area contributed by atoms with Gasteiger partial charge in [-0.3, -0.25) is 4.79 Å². The van der Waals surface area contributed by atoms with Crippen molar-refractivity contribution >= 4 is 39.1 Å². The van der Waals surface area contributed by atoms with Crippen LogP contribution in [-0.4, -0.2) is 18.5 Å². The van der Waals surface area contributed by atoms with E-state index in [0.29, 0.717) is 11.6 Å². The van der Waals surface area contributed by atoms with Gasteiger partial charge in [0.2, 0.25) is 5.91 Å². The molecule has 2 N–H and O–H groups in total. The molecule has 0 saturated carbocycles. The van der Waals surface area contributed by atoms with Gasteiger partial charge >= 0.3 is 0 Å². The van der Waals surface area contributed by atoms with E-state index < -0.39 is 6.04 Å². The van der Waals surface area contributed by atoms with Gasteiger partial charge in [-0.05, 0) is 53.4 Å². The fraction of sp³-hybridized carbons (Fsp3) is 0.417. The highest BCUT2D eigenvalue weighted by atomic mass is 79.9. The minimum Gasteiger partial charge on any atom is -0.320 e. The maximum atomic E-state index is 12.0. The Labute approximate surface area is 114 Å². The molecule has 1 saturated heterocycles. The number of nitrogens with zero attached hydrogens (tertiary/aromatic N) is 1. The third-order valence-electron chi connectivity index (χ3n) is 3.00. The molecule has 1 amide bonds. The molecule has 0 spiro atoms. The number of carbonyl (C=O) groups is 1.